The van der Waals surface area contributed by atoms with Crippen molar-refractivity contribution in [1.29, 1.82) is 0 Å². The molecule has 0 unspecified atom stereocenters. The van der Waals surface area contributed by atoms with E-state index in [0.717, 1.165) is 8.04 Å². The summed E-state index contributed by atoms with van der Waals surface area (Å²) in [4.78, 5) is 22.7. The summed E-state index contributed by atoms with van der Waals surface area (Å²) >= 11 is 5.56. The van der Waals surface area contributed by atoms with Gasteiger partial charge in [0.1, 0.15) is 0 Å². The SMILES string of the molecule is Cc1cn(-c2ccc(I)cc2Br)nc(C(=O)O)c1=O. The van der Waals surface area contributed by atoms with E-state index in [0.29, 0.717) is 11.3 Å². The van der Waals surface area contributed by atoms with E-state index in [9.17, 15) is 9.59 Å². The van der Waals surface area contributed by atoms with E-state index in [1.807, 2.05) is 12.1 Å². The second-order valence-electron chi connectivity index (χ2n) is 3.84. The molecule has 0 fully saturated rings. The Balaban J connectivity index is 2.70. The lowest BCUT2D eigenvalue weighted by Gasteiger charge is -2.09. The van der Waals surface area contributed by atoms with E-state index in [-0.39, 0.29) is 0 Å². The zero-order valence-electron chi connectivity index (χ0n) is 9.72. The Hall–Kier alpha value is -1.22. The van der Waals surface area contributed by atoms with Gasteiger partial charge in [-0.3, -0.25) is 4.79 Å². The Morgan fingerprint density at radius 3 is 2.74 bits per heavy atom. The van der Waals surface area contributed by atoms with Crippen molar-refractivity contribution in [2.45, 2.75) is 6.92 Å². The molecule has 0 spiro atoms. The molecule has 0 aliphatic carbocycles. The van der Waals surface area contributed by atoms with Crippen LogP contribution < -0.4 is 5.43 Å². The third kappa shape index (κ3) is 2.86. The molecule has 0 aliphatic rings. The molecule has 1 N–H and O–H groups in total. The maximum atomic E-state index is 11.7. The Kier molecular flexibility index (Phi) is 4.04. The molecule has 0 aliphatic heterocycles. The van der Waals surface area contributed by atoms with Crippen LogP contribution in [0.2, 0.25) is 0 Å². The van der Waals surface area contributed by atoms with Gasteiger partial charge in [-0.05, 0) is 63.6 Å². The largest absolute Gasteiger partial charge is 0.476 e. The zero-order chi connectivity index (χ0) is 14.2. The van der Waals surface area contributed by atoms with Crippen molar-refractivity contribution < 1.29 is 9.90 Å². The molecule has 0 amide bonds. The van der Waals surface area contributed by atoms with Crippen molar-refractivity contribution in [2.24, 2.45) is 0 Å². The number of aryl methyl sites for hydroxylation is 1. The number of hydrogen-bond donors (Lipinski definition) is 1. The maximum Gasteiger partial charge on any atom is 0.360 e. The Morgan fingerprint density at radius 1 is 1.47 bits per heavy atom. The first kappa shape index (κ1) is 14.2. The molecule has 98 valence electrons. The summed E-state index contributed by atoms with van der Waals surface area (Å²) in [6.45, 7) is 1.56. The van der Waals surface area contributed by atoms with Gasteiger partial charge in [-0.25, -0.2) is 9.48 Å². The summed E-state index contributed by atoms with van der Waals surface area (Å²) in [5.41, 5.74) is -0.0419. The Labute approximate surface area is 130 Å². The molecule has 0 radical (unpaired) electrons. The first-order valence-electron chi connectivity index (χ1n) is 5.19. The standard InChI is InChI=1S/C12H8BrIN2O3/c1-6-5-16(15-10(11(6)17)12(18)19)9-3-2-7(14)4-8(9)13/h2-5H,1H3,(H,18,19). The molecule has 2 rings (SSSR count). The number of hydrogen-bond acceptors (Lipinski definition) is 3. The fourth-order valence-corrected chi connectivity index (χ4v) is 3.02. The highest BCUT2D eigenvalue weighted by Gasteiger charge is 2.15. The van der Waals surface area contributed by atoms with Crippen molar-refractivity contribution in [2.75, 3.05) is 0 Å². The summed E-state index contributed by atoms with van der Waals surface area (Å²) in [6.07, 6.45) is 1.52. The van der Waals surface area contributed by atoms with Gasteiger partial charge in [0.2, 0.25) is 11.1 Å². The number of halogens is 2. The van der Waals surface area contributed by atoms with Gasteiger partial charge in [-0.15, -0.1) is 0 Å². The topological polar surface area (TPSA) is 72.2 Å². The predicted molar refractivity (Wildman–Crippen MR) is 81.9 cm³/mol. The molecular weight excluding hydrogens is 427 g/mol. The van der Waals surface area contributed by atoms with Crippen LogP contribution in [0, 0.1) is 10.5 Å². The van der Waals surface area contributed by atoms with Crippen molar-refractivity contribution in [1.82, 2.24) is 9.78 Å². The van der Waals surface area contributed by atoms with Gasteiger partial charge in [0.25, 0.3) is 0 Å². The number of benzene rings is 1. The fourth-order valence-electron chi connectivity index (χ4n) is 1.54. The summed E-state index contributed by atoms with van der Waals surface area (Å²) in [5, 5.41) is 12.9. The van der Waals surface area contributed by atoms with Crippen LogP contribution >= 0.6 is 38.5 Å². The Bertz CT molecular complexity index is 727. The monoisotopic (exact) mass is 434 g/mol. The van der Waals surface area contributed by atoms with E-state index >= 15 is 0 Å². The predicted octanol–water partition coefficient (Wildman–Crippen LogP) is 2.61. The minimum absolute atomic E-state index is 0.331. The molecule has 19 heavy (non-hydrogen) atoms. The van der Waals surface area contributed by atoms with Crippen LogP contribution in [0.3, 0.4) is 0 Å². The number of rotatable bonds is 2. The minimum Gasteiger partial charge on any atom is -0.476 e. The van der Waals surface area contributed by atoms with Gasteiger partial charge >= 0.3 is 5.97 Å². The molecule has 2 aromatic rings. The third-order valence-electron chi connectivity index (χ3n) is 2.46. The van der Waals surface area contributed by atoms with E-state index in [4.69, 9.17) is 5.11 Å². The average Bonchev–Trinajstić information content (AvgIpc) is 2.32. The Morgan fingerprint density at radius 2 is 2.16 bits per heavy atom. The summed E-state index contributed by atoms with van der Waals surface area (Å²) in [6, 6.07) is 5.55. The van der Waals surface area contributed by atoms with Crippen LogP contribution in [0.25, 0.3) is 5.69 Å². The molecule has 0 saturated carbocycles. The van der Waals surface area contributed by atoms with Gasteiger partial charge in [0.15, 0.2) is 0 Å². The molecule has 0 saturated heterocycles. The lowest BCUT2D eigenvalue weighted by atomic mass is 10.2. The fraction of sp³-hybridized carbons (Fsp3) is 0.0833. The normalized spacial score (nSPS) is 10.5. The number of carboxylic acids is 1. The number of aromatic nitrogens is 2. The minimum atomic E-state index is -1.33. The first-order valence-corrected chi connectivity index (χ1v) is 7.06. The van der Waals surface area contributed by atoms with Gasteiger partial charge < -0.3 is 5.11 Å². The lowest BCUT2D eigenvalue weighted by Crippen LogP contribution is -2.23. The van der Waals surface area contributed by atoms with Crippen molar-refractivity contribution in [3.8, 4) is 5.69 Å². The molecule has 1 aromatic carbocycles. The van der Waals surface area contributed by atoms with Crippen LogP contribution in [0.15, 0.2) is 33.7 Å². The number of carboxylic acid groups (broad SMARTS) is 1. The molecule has 7 heteroatoms. The highest BCUT2D eigenvalue weighted by molar-refractivity contribution is 14.1. The number of aromatic carboxylic acids is 1. The molecule has 0 bridgehead atoms. The van der Waals surface area contributed by atoms with Gasteiger partial charge in [-0.2, -0.15) is 5.10 Å². The quantitative estimate of drug-likeness (QED) is 0.737. The van der Waals surface area contributed by atoms with Crippen LogP contribution in [-0.4, -0.2) is 20.9 Å². The van der Waals surface area contributed by atoms with Gasteiger partial charge in [0.05, 0.1) is 5.69 Å². The van der Waals surface area contributed by atoms with E-state index in [1.54, 1.807) is 13.0 Å². The van der Waals surface area contributed by atoms with Gasteiger partial charge in [0, 0.05) is 19.8 Å². The van der Waals surface area contributed by atoms with Crippen LogP contribution in [0.4, 0.5) is 0 Å². The highest BCUT2D eigenvalue weighted by atomic mass is 127. The molecule has 1 heterocycles. The van der Waals surface area contributed by atoms with Crippen LogP contribution in [0.5, 0.6) is 0 Å². The van der Waals surface area contributed by atoms with Gasteiger partial charge in [-0.1, -0.05) is 0 Å². The van der Waals surface area contributed by atoms with E-state index in [2.05, 4.69) is 43.6 Å². The van der Waals surface area contributed by atoms with E-state index < -0.39 is 17.1 Å². The van der Waals surface area contributed by atoms with Crippen LogP contribution in [0.1, 0.15) is 16.1 Å². The molecule has 5 nitrogen and oxygen atoms in total. The smallest absolute Gasteiger partial charge is 0.360 e. The van der Waals surface area contributed by atoms with Crippen molar-refractivity contribution in [3.63, 3.8) is 0 Å². The van der Waals surface area contributed by atoms with Crippen molar-refractivity contribution >= 4 is 44.5 Å². The summed E-state index contributed by atoms with van der Waals surface area (Å²) < 4.78 is 3.19. The molecular formula is C12H8BrIN2O3. The average molecular weight is 435 g/mol. The maximum absolute atomic E-state index is 11.7. The highest BCUT2D eigenvalue weighted by Crippen LogP contribution is 2.22. The zero-order valence-corrected chi connectivity index (χ0v) is 13.5. The lowest BCUT2D eigenvalue weighted by molar-refractivity contribution is 0.0686. The molecule has 1 aromatic heterocycles. The number of nitrogens with zero attached hydrogens (tertiary/aromatic N) is 2. The third-order valence-corrected chi connectivity index (χ3v) is 3.76. The summed E-state index contributed by atoms with van der Waals surface area (Å²) in [7, 11) is 0. The summed E-state index contributed by atoms with van der Waals surface area (Å²) in [5.74, 6) is -1.33. The molecule has 0 atom stereocenters. The van der Waals surface area contributed by atoms with E-state index in [1.165, 1.54) is 10.9 Å². The first-order chi connectivity index (χ1) is 8.90. The van der Waals surface area contributed by atoms with Crippen molar-refractivity contribution in [3.05, 3.63) is 53.9 Å². The number of carbonyl (C=O) groups is 1. The van der Waals surface area contributed by atoms with Crippen LogP contribution in [-0.2, 0) is 0 Å². The second kappa shape index (κ2) is 5.41. The second-order valence-corrected chi connectivity index (χ2v) is 5.94.